The Morgan fingerprint density at radius 3 is 2.86 bits per heavy atom. The average Bonchev–Trinajstić information content (AvgIpc) is 2.85. The third-order valence-electron chi connectivity index (χ3n) is 3.81. The highest BCUT2D eigenvalue weighted by molar-refractivity contribution is 7.99. The lowest BCUT2D eigenvalue weighted by molar-refractivity contribution is -0.113. The van der Waals surface area contributed by atoms with Crippen molar-refractivity contribution in [3.05, 3.63) is 5.82 Å². The Morgan fingerprint density at radius 1 is 1.45 bits per heavy atom. The number of aromatic nitrogens is 3. The molecule has 1 saturated heterocycles. The number of anilines is 1. The number of amides is 1. The van der Waals surface area contributed by atoms with Crippen molar-refractivity contribution in [2.45, 2.75) is 39.0 Å². The van der Waals surface area contributed by atoms with Crippen LogP contribution in [0.3, 0.4) is 0 Å². The predicted molar refractivity (Wildman–Crippen MR) is 91.3 cm³/mol. The van der Waals surface area contributed by atoms with Crippen LogP contribution in [0.4, 0.5) is 5.95 Å². The first-order valence-electron chi connectivity index (χ1n) is 8.05. The average molecular weight is 325 g/mol. The van der Waals surface area contributed by atoms with E-state index in [1.807, 2.05) is 7.05 Å². The summed E-state index contributed by atoms with van der Waals surface area (Å²) in [6.45, 7) is 6.42. The molecule has 1 aromatic heterocycles. The Labute approximate surface area is 136 Å². The normalized spacial score (nSPS) is 16.2. The first kappa shape index (κ1) is 17.3. The summed E-state index contributed by atoms with van der Waals surface area (Å²) in [6.07, 6.45) is 3.26. The van der Waals surface area contributed by atoms with Crippen molar-refractivity contribution in [1.82, 2.24) is 20.1 Å². The minimum Gasteiger partial charge on any atom is -0.317 e. The topological polar surface area (TPSA) is 71.8 Å². The highest BCUT2D eigenvalue weighted by Gasteiger charge is 2.21. The Balaban J connectivity index is 1.81. The van der Waals surface area contributed by atoms with E-state index in [1.54, 1.807) is 16.4 Å². The summed E-state index contributed by atoms with van der Waals surface area (Å²) in [6, 6.07) is 0. The van der Waals surface area contributed by atoms with E-state index < -0.39 is 0 Å². The summed E-state index contributed by atoms with van der Waals surface area (Å²) < 4.78 is 1.67. The van der Waals surface area contributed by atoms with E-state index in [1.165, 1.54) is 0 Å². The zero-order valence-corrected chi connectivity index (χ0v) is 14.6. The number of hydrogen-bond acceptors (Lipinski definition) is 5. The molecular formula is C15H27N5OS. The molecule has 0 aliphatic carbocycles. The number of piperidine rings is 1. The van der Waals surface area contributed by atoms with Crippen LogP contribution in [0.25, 0.3) is 0 Å². The van der Waals surface area contributed by atoms with E-state index in [-0.39, 0.29) is 5.91 Å². The first-order valence-corrected chi connectivity index (χ1v) is 9.21. The van der Waals surface area contributed by atoms with Gasteiger partial charge < -0.3 is 5.32 Å². The van der Waals surface area contributed by atoms with Crippen molar-refractivity contribution in [1.29, 1.82) is 0 Å². The highest BCUT2D eigenvalue weighted by Crippen LogP contribution is 2.23. The Kier molecular flexibility index (Phi) is 6.70. The van der Waals surface area contributed by atoms with Crippen LogP contribution in [-0.4, -0.2) is 45.3 Å². The van der Waals surface area contributed by atoms with Gasteiger partial charge >= 0.3 is 0 Å². The van der Waals surface area contributed by atoms with Crippen LogP contribution in [0.5, 0.6) is 0 Å². The zero-order chi connectivity index (χ0) is 15.9. The summed E-state index contributed by atoms with van der Waals surface area (Å²) in [4.78, 5) is 16.5. The molecule has 1 aliphatic heterocycles. The van der Waals surface area contributed by atoms with Crippen molar-refractivity contribution in [2.75, 3.05) is 29.9 Å². The van der Waals surface area contributed by atoms with E-state index in [0.717, 1.165) is 43.9 Å². The quantitative estimate of drug-likeness (QED) is 0.750. The number of carbonyl (C=O) groups excluding carboxylic acids is 1. The molecule has 2 rings (SSSR count). The van der Waals surface area contributed by atoms with Gasteiger partial charge in [-0.2, -0.15) is 21.8 Å². The molecule has 0 atom stereocenters. The van der Waals surface area contributed by atoms with Crippen molar-refractivity contribution < 1.29 is 4.79 Å². The van der Waals surface area contributed by atoms with E-state index >= 15 is 0 Å². The van der Waals surface area contributed by atoms with Gasteiger partial charge in [0.15, 0.2) is 5.82 Å². The first-order chi connectivity index (χ1) is 10.6. The Hall–Kier alpha value is -1.08. The molecule has 0 radical (unpaired) electrons. The molecule has 2 heterocycles. The molecule has 1 amide bonds. The number of nitrogens with zero attached hydrogens (tertiary/aromatic N) is 3. The monoisotopic (exact) mass is 325 g/mol. The van der Waals surface area contributed by atoms with Gasteiger partial charge in [-0.05, 0) is 44.0 Å². The minimum absolute atomic E-state index is 0.00103. The predicted octanol–water partition coefficient (Wildman–Crippen LogP) is 2.00. The fourth-order valence-electron chi connectivity index (χ4n) is 2.41. The molecule has 124 valence electrons. The third kappa shape index (κ3) is 5.28. The fourth-order valence-corrected chi connectivity index (χ4v) is 3.45. The maximum Gasteiger partial charge on any atom is 0.236 e. The van der Waals surface area contributed by atoms with Crippen LogP contribution >= 0.6 is 11.8 Å². The fraction of sp³-hybridized carbons (Fsp3) is 0.800. The number of thioether (sulfide) groups is 1. The van der Waals surface area contributed by atoms with E-state index in [4.69, 9.17) is 0 Å². The molecule has 0 unspecified atom stereocenters. The van der Waals surface area contributed by atoms with Gasteiger partial charge in [0, 0.05) is 13.0 Å². The second-order valence-electron chi connectivity index (χ2n) is 6.22. The van der Waals surface area contributed by atoms with E-state index in [2.05, 4.69) is 34.6 Å². The summed E-state index contributed by atoms with van der Waals surface area (Å²) in [5.74, 6) is 3.99. The standard InChI is InChI=1S/C15H27N5OS/c1-11(2)6-9-22-10-13(21)17-15-18-14(19-20(15)3)12-4-7-16-8-5-12/h11-12,16H,4-10H2,1-3H3,(H,17,18,19,21). The molecule has 0 saturated carbocycles. The lowest BCUT2D eigenvalue weighted by Gasteiger charge is -2.19. The molecule has 7 heteroatoms. The van der Waals surface area contributed by atoms with Gasteiger partial charge in [0.1, 0.15) is 0 Å². The highest BCUT2D eigenvalue weighted by atomic mass is 32.2. The summed E-state index contributed by atoms with van der Waals surface area (Å²) in [5.41, 5.74) is 0. The molecule has 22 heavy (non-hydrogen) atoms. The molecule has 1 aliphatic rings. The second-order valence-corrected chi connectivity index (χ2v) is 7.33. The summed E-state index contributed by atoms with van der Waals surface area (Å²) >= 11 is 1.67. The van der Waals surface area contributed by atoms with E-state index in [9.17, 15) is 4.79 Å². The van der Waals surface area contributed by atoms with Crippen LogP contribution in [0.1, 0.15) is 44.9 Å². The molecule has 1 fully saturated rings. The van der Waals surface area contributed by atoms with Crippen molar-refractivity contribution in [3.63, 3.8) is 0 Å². The molecule has 0 bridgehead atoms. The number of rotatable bonds is 7. The van der Waals surface area contributed by atoms with Crippen LogP contribution in [-0.2, 0) is 11.8 Å². The Bertz CT molecular complexity index is 482. The molecule has 1 aromatic rings. The van der Waals surface area contributed by atoms with E-state index in [0.29, 0.717) is 23.5 Å². The van der Waals surface area contributed by atoms with Crippen LogP contribution < -0.4 is 10.6 Å². The lowest BCUT2D eigenvalue weighted by atomic mass is 9.98. The van der Waals surface area contributed by atoms with Crippen LogP contribution in [0.15, 0.2) is 0 Å². The maximum atomic E-state index is 12.0. The summed E-state index contributed by atoms with van der Waals surface area (Å²) in [7, 11) is 1.83. The SMILES string of the molecule is CC(C)CCSCC(=O)Nc1nc(C2CCNCC2)nn1C. The number of hydrogen-bond donors (Lipinski definition) is 2. The third-order valence-corrected chi connectivity index (χ3v) is 4.80. The molecule has 6 nitrogen and oxygen atoms in total. The molecule has 2 N–H and O–H groups in total. The number of nitrogens with one attached hydrogen (secondary N) is 2. The molecular weight excluding hydrogens is 298 g/mol. The van der Waals surface area contributed by atoms with Gasteiger partial charge in [0.25, 0.3) is 0 Å². The maximum absolute atomic E-state index is 12.0. The van der Waals surface area contributed by atoms with Crippen molar-refractivity contribution in [2.24, 2.45) is 13.0 Å². The van der Waals surface area contributed by atoms with Crippen LogP contribution in [0.2, 0.25) is 0 Å². The van der Waals surface area contributed by atoms with Crippen molar-refractivity contribution in [3.8, 4) is 0 Å². The largest absolute Gasteiger partial charge is 0.317 e. The van der Waals surface area contributed by atoms with Crippen molar-refractivity contribution >= 4 is 23.6 Å². The Morgan fingerprint density at radius 2 is 2.18 bits per heavy atom. The number of aryl methyl sites for hydroxylation is 1. The van der Waals surface area contributed by atoms with Gasteiger partial charge in [-0.15, -0.1) is 0 Å². The molecule has 0 spiro atoms. The van der Waals surface area contributed by atoms with Gasteiger partial charge in [-0.3, -0.25) is 10.1 Å². The van der Waals surface area contributed by atoms with Gasteiger partial charge in [0.2, 0.25) is 11.9 Å². The smallest absolute Gasteiger partial charge is 0.236 e. The summed E-state index contributed by atoms with van der Waals surface area (Å²) in [5, 5.41) is 10.7. The van der Waals surface area contributed by atoms with Crippen LogP contribution in [0, 0.1) is 5.92 Å². The van der Waals surface area contributed by atoms with Gasteiger partial charge in [-0.1, -0.05) is 13.8 Å². The van der Waals surface area contributed by atoms with Gasteiger partial charge in [0.05, 0.1) is 5.75 Å². The zero-order valence-electron chi connectivity index (χ0n) is 13.8. The minimum atomic E-state index is 0.00103. The molecule has 0 aromatic carbocycles. The van der Waals surface area contributed by atoms with Gasteiger partial charge in [-0.25, -0.2) is 4.68 Å². The lowest BCUT2D eigenvalue weighted by Crippen LogP contribution is -2.27. The second kappa shape index (κ2) is 8.53. The number of carbonyl (C=O) groups is 1.